The monoisotopic (exact) mass is 264 g/mol. The second kappa shape index (κ2) is 6.45. The molecule has 1 aromatic carbocycles. The van der Waals surface area contributed by atoms with Crippen LogP contribution in [0.2, 0.25) is 0 Å². The number of hydrogen-bond acceptors (Lipinski definition) is 4. The summed E-state index contributed by atoms with van der Waals surface area (Å²) in [5.74, 6) is 0.185. The van der Waals surface area contributed by atoms with Gasteiger partial charge in [0.05, 0.1) is 23.5 Å². The molecule has 1 unspecified atom stereocenters. The normalized spacial score (nSPS) is 12.3. The Balaban J connectivity index is 3.06. The minimum Gasteiger partial charge on any atom is -0.462 e. The molecule has 1 rings (SSSR count). The smallest absolute Gasteiger partial charge is 0.338 e. The summed E-state index contributed by atoms with van der Waals surface area (Å²) in [5, 5.41) is 0. The lowest BCUT2D eigenvalue weighted by atomic mass is 10.0. The van der Waals surface area contributed by atoms with Crippen molar-refractivity contribution in [3.05, 3.63) is 23.8 Å². The summed E-state index contributed by atoms with van der Waals surface area (Å²) in [6, 6.07) is 5.59. The second-order valence-corrected chi connectivity index (χ2v) is 5.09. The zero-order valence-electron chi connectivity index (χ0n) is 12.4. The molecule has 1 atom stereocenters. The number of rotatable bonds is 5. The molecule has 4 heteroatoms. The fourth-order valence-corrected chi connectivity index (χ4v) is 1.86. The molecule has 0 saturated heterocycles. The van der Waals surface area contributed by atoms with Crippen LogP contribution in [0.4, 0.5) is 11.4 Å². The first-order chi connectivity index (χ1) is 8.88. The van der Waals surface area contributed by atoms with Gasteiger partial charge in [-0.05, 0) is 38.0 Å². The van der Waals surface area contributed by atoms with Crippen molar-refractivity contribution in [1.82, 2.24) is 0 Å². The first-order valence-electron chi connectivity index (χ1n) is 6.68. The van der Waals surface area contributed by atoms with Crippen molar-refractivity contribution in [1.29, 1.82) is 0 Å². The van der Waals surface area contributed by atoms with Gasteiger partial charge in [0.15, 0.2) is 0 Å². The van der Waals surface area contributed by atoms with Crippen molar-refractivity contribution in [2.45, 2.75) is 33.7 Å². The molecule has 4 nitrogen and oxygen atoms in total. The number of anilines is 2. The fraction of sp³-hybridized carbons (Fsp3) is 0.533. The molecule has 0 aliphatic rings. The van der Waals surface area contributed by atoms with Gasteiger partial charge in [-0.15, -0.1) is 0 Å². The second-order valence-electron chi connectivity index (χ2n) is 5.09. The van der Waals surface area contributed by atoms with Crippen molar-refractivity contribution in [2.24, 2.45) is 5.92 Å². The van der Waals surface area contributed by atoms with Crippen molar-refractivity contribution < 1.29 is 9.53 Å². The van der Waals surface area contributed by atoms with Crippen LogP contribution in [0.25, 0.3) is 0 Å². The van der Waals surface area contributed by atoms with Gasteiger partial charge in [-0.25, -0.2) is 4.79 Å². The highest BCUT2D eigenvalue weighted by atomic mass is 16.5. The van der Waals surface area contributed by atoms with Crippen molar-refractivity contribution in [3.63, 3.8) is 0 Å². The van der Waals surface area contributed by atoms with Gasteiger partial charge in [0.25, 0.3) is 0 Å². The summed E-state index contributed by atoms with van der Waals surface area (Å²) < 4.78 is 5.01. The highest BCUT2D eigenvalue weighted by Crippen LogP contribution is 2.27. The van der Waals surface area contributed by atoms with Gasteiger partial charge in [-0.1, -0.05) is 13.8 Å². The van der Waals surface area contributed by atoms with E-state index in [1.165, 1.54) is 0 Å². The predicted octanol–water partition coefficient (Wildman–Crippen LogP) is 2.93. The molecule has 0 bridgehead atoms. The van der Waals surface area contributed by atoms with E-state index in [0.29, 0.717) is 29.8 Å². The van der Waals surface area contributed by atoms with Crippen LogP contribution in [0.3, 0.4) is 0 Å². The highest BCUT2D eigenvalue weighted by Gasteiger charge is 2.17. The third kappa shape index (κ3) is 3.63. The molecule has 0 spiro atoms. The van der Waals surface area contributed by atoms with Crippen LogP contribution in [0.15, 0.2) is 18.2 Å². The Morgan fingerprint density at radius 2 is 2.00 bits per heavy atom. The van der Waals surface area contributed by atoms with E-state index in [0.717, 1.165) is 5.69 Å². The molecule has 1 aromatic rings. The Morgan fingerprint density at radius 3 is 2.53 bits per heavy atom. The Labute approximate surface area is 115 Å². The van der Waals surface area contributed by atoms with E-state index in [9.17, 15) is 4.79 Å². The average Bonchev–Trinajstić information content (AvgIpc) is 2.37. The van der Waals surface area contributed by atoms with Crippen LogP contribution in [0, 0.1) is 5.92 Å². The quantitative estimate of drug-likeness (QED) is 0.656. The van der Waals surface area contributed by atoms with E-state index in [1.807, 2.05) is 7.05 Å². The fourth-order valence-electron chi connectivity index (χ4n) is 1.86. The summed E-state index contributed by atoms with van der Waals surface area (Å²) in [6.07, 6.45) is 0. The van der Waals surface area contributed by atoms with Crippen LogP contribution in [0.5, 0.6) is 0 Å². The Bertz CT molecular complexity index is 444. The first kappa shape index (κ1) is 15.3. The van der Waals surface area contributed by atoms with Gasteiger partial charge < -0.3 is 15.4 Å². The molecule has 0 heterocycles. The van der Waals surface area contributed by atoms with Crippen LogP contribution in [-0.2, 0) is 4.74 Å². The highest BCUT2D eigenvalue weighted by molar-refractivity contribution is 5.92. The lowest BCUT2D eigenvalue weighted by molar-refractivity contribution is 0.0526. The van der Waals surface area contributed by atoms with Gasteiger partial charge in [0.1, 0.15) is 0 Å². The molecule has 2 N–H and O–H groups in total. The largest absolute Gasteiger partial charge is 0.462 e. The topological polar surface area (TPSA) is 55.6 Å². The maximum Gasteiger partial charge on any atom is 0.338 e. The molecule has 0 aliphatic carbocycles. The maximum absolute atomic E-state index is 11.8. The standard InChI is InChI=1S/C15H24N2O2/c1-6-19-15(18)12-7-8-13(16)14(9-12)17(5)11(4)10(2)3/h7-11H,6,16H2,1-5H3. The predicted molar refractivity (Wildman–Crippen MR) is 79.5 cm³/mol. The number of ether oxygens (including phenoxy) is 1. The molecular weight excluding hydrogens is 240 g/mol. The number of nitrogens with two attached hydrogens (primary N) is 1. The summed E-state index contributed by atoms with van der Waals surface area (Å²) in [6.45, 7) is 8.63. The summed E-state index contributed by atoms with van der Waals surface area (Å²) in [5.41, 5.74) is 8.08. The van der Waals surface area contributed by atoms with Crippen molar-refractivity contribution >= 4 is 17.3 Å². The zero-order valence-corrected chi connectivity index (χ0v) is 12.4. The van der Waals surface area contributed by atoms with Crippen LogP contribution in [0.1, 0.15) is 38.1 Å². The lowest BCUT2D eigenvalue weighted by Gasteiger charge is -2.31. The van der Waals surface area contributed by atoms with Gasteiger partial charge >= 0.3 is 5.97 Å². The molecule has 19 heavy (non-hydrogen) atoms. The summed E-state index contributed by atoms with van der Waals surface area (Å²) in [4.78, 5) is 13.9. The van der Waals surface area contributed by atoms with Crippen molar-refractivity contribution in [2.75, 3.05) is 24.3 Å². The van der Waals surface area contributed by atoms with E-state index in [-0.39, 0.29) is 5.97 Å². The molecule has 0 fully saturated rings. The Hall–Kier alpha value is -1.71. The van der Waals surface area contributed by atoms with E-state index < -0.39 is 0 Å². The average molecular weight is 264 g/mol. The molecule has 0 aliphatic heterocycles. The number of benzene rings is 1. The third-order valence-corrected chi connectivity index (χ3v) is 3.50. The van der Waals surface area contributed by atoms with Gasteiger partial charge in [0.2, 0.25) is 0 Å². The first-order valence-corrected chi connectivity index (χ1v) is 6.68. The molecule has 106 valence electrons. The molecule has 0 radical (unpaired) electrons. The number of nitrogens with zero attached hydrogens (tertiary/aromatic N) is 1. The Kier molecular flexibility index (Phi) is 5.21. The van der Waals surface area contributed by atoms with Crippen molar-refractivity contribution in [3.8, 4) is 0 Å². The van der Waals surface area contributed by atoms with Crippen LogP contribution in [-0.4, -0.2) is 25.7 Å². The lowest BCUT2D eigenvalue weighted by Crippen LogP contribution is -2.33. The number of carbonyl (C=O) groups is 1. The number of nitrogen functional groups attached to an aromatic ring is 1. The van der Waals surface area contributed by atoms with Gasteiger partial charge in [-0.3, -0.25) is 0 Å². The Morgan fingerprint density at radius 1 is 1.37 bits per heavy atom. The zero-order chi connectivity index (χ0) is 14.6. The molecular formula is C15H24N2O2. The molecule has 0 aromatic heterocycles. The van der Waals surface area contributed by atoms with Crippen LogP contribution >= 0.6 is 0 Å². The minimum absolute atomic E-state index is 0.311. The van der Waals surface area contributed by atoms with Crippen LogP contribution < -0.4 is 10.6 Å². The number of esters is 1. The van der Waals surface area contributed by atoms with E-state index >= 15 is 0 Å². The maximum atomic E-state index is 11.8. The SMILES string of the molecule is CCOC(=O)c1ccc(N)c(N(C)C(C)C(C)C)c1. The summed E-state index contributed by atoms with van der Waals surface area (Å²) in [7, 11) is 1.99. The molecule has 0 saturated carbocycles. The third-order valence-electron chi connectivity index (χ3n) is 3.50. The van der Waals surface area contributed by atoms with E-state index in [2.05, 4.69) is 25.7 Å². The number of hydrogen-bond donors (Lipinski definition) is 1. The molecule has 0 amide bonds. The number of carbonyl (C=O) groups excluding carboxylic acids is 1. The van der Waals surface area contributed by atoms with E-state index in [1.54, 1.807) is 25.1 Å². The van der Waals surface area contributed by atoms with Gasteiger partial charge in [-0.2, -0.15) is 0 Å². The van der Waals surface area contributed by atoms with Gasteiger partial charge in [0, 0.05) is 13.1 Å². The summed E-state index contributed by atoms with van der Waals surface area (Å²) >= 11 is 0. The van der Waals surface area contributed by atoms with E-state index in [4.69, 9.17) is 10.5 Å². The minimum atomic E-state index is -0.311.